The van der Waals surface area contributed by atoms with Crippen molar-refractivity contribution >= 4 is 0 Å². The van der Waals surface area contributed by atoms with E-state index < -0.39 is 0 Å². The standard InChI is InChI=1S/C17H18N2O2/c1-20-17-13-19-15(9-10-18)12-16(17)21-11-5-8-14-6-3-2-4-7-14/h2-4,6-7,12-13H,5,8-9,11H2,1H3. The van der Waals surface area contributed by atoms with E-state index in [2.05, 4.69) is 23.2 Å². The van der Waals surface area contributed by atoms with E-state index in [1.54, 1.807) is 19.4 Å². The molecule has 0 unspecified atom stereocenters. The second-order valence-corrected chi connectivity index (χ2v) is 4.60. The second kappa shape index (κ2) is 7.91. The predicted molar refractivity (Wildman–Crippen MR) is 80.4 cm³/mol. The van der Waals surface area contributed by atoms with Crippen molar-refractivity contribution in [2.75, 3.05) is 13.7 Å². The first kappa shape index (κ1) is 14.9. The van der Waals surface area contributed by atoms with E-state index in [0.717, 1.165) is 12.8 Å². The molecule has 2 aromatic rings. The van der Waals surface area contributed by atoms with Gasteiger partial charge in [-0.3, -0.25) is 4.98 Å². The van der Waals surface area contributed by atoms with E-state index in [0.29, 0.717) is 23.8 Å². The minimum Gasteiger partial charge on any atom is -0.491 e. The number of methoxy groups -OCH3 is 1. The normalized spacial score (nSPS) is 9.90. The summed E-state index contributed by atoms with van der Waals surface area (Å²) in [6, 6.07) is 14.2. The summed E-state index contributed by atoms with van der Waals surface area (Å²) in [7, 11) is 1.58. The Hall–Kier alpha value is -2.54. The number of nitriles is 1. The van der Waals surface area contributed by atoms with Crippen LogP contribution in [0.3, 0.4) is 0 Å². The third-order valence-corrected chi connectivity index (χ3v) is 3.08. The van der Waals surface area contributed by atoms with E-state index in [4.69, 9.17) is 14.7 Å². The summed E-state index contributed by atoms with van der Waals surface area (Å²) in [5, 5.41) is 8.72. The maximum absolute atomic E-state index is 8.72. The minimum absolute atomic E-state index is 0.268. The Bertz CT molecular complexity index is 606. The number of pyridine rings is 1. The summed E-state index contributed by atoms with van der Waals surface area (Å²) in [4.78, 5) is 4.15. The molecule has 0 aliphatic carbocycles. The fourth-order valence-electron chi connectivity index (χ4n) is 2.01. The zero-order valence-corrected chi connectivity index (χ0v) is 12.1. The Balaban J connectivity index is 1.89. The summed E-state index contributed by atoms with van der Waals surface area (Å²) in [6.07, 6.45) is 3.76. The monoisotopic (exact) mass is 282 g/mol. The fourth-order valence-corrected chi connectivity index (χ4v) is 2.01. The Kier molecular flexibility index (Phi) is 5.60. The van der Waals surface area contributed by atoms with Crippen LogP contribution in [0.2, 0.25) is 0 Å². The summed E-state index contributed by atoms with van der Waals surface area (Å²) < 4.78 is 11.0. The zero-order valence-electron chi connectivity index (χ0n) is 12.1. The molecule has 4 nitrogen and oxygen atoms in total. The van der Waals surface area contributed by atoms with E-state index in [1.807, 2.05) is 18.2 Å². The SMILES string of the molecule is COc1cnc(CC#N)cc1OCCCc1ccccc1. The van der Waals surface area contributed by atoms with Crippen LogP contribution in [0.5, 0.6) is 11.5 Å². The van der Waals surface area contributed by atoms with Gasteiger partial charge in [0.15, 0.2) is 11.5 Å². The molecule has 0 bridgehead atoms. The molecule has 21 heavy (non-hydrogen) atoms. The third kappa shape index (κ3) is 4.50. The molecule has 0 saturated heterocycles. The summed E-state index contributed by atoms with van der Waals surface area (Å²) in [5.74, 6) is 1.24. The van der Waals surface area contributed by atoms with Gasteiger partial charge < -0.3 is 9.47 Å². The summed E-state index contributed by atoms with van der Waals surface area (Å²) >= 11 is 0. The van der Waals surface area contributed by atoms with Gasteiger partial charge >= 0.3 is 0 Å². The van der Waals surface area contributed by atoms with Crippen LogP contribution in [0.15, 0.2) is 42.6 Å². The van der Waals surface area contributed by atoms with Crippen molar-refractivity contribution in [3.05, 3.63) is 53.9 Å². The maximum Gasteiger partial charge on any atom is 0.179 e. The lowest BCUT2D eigenvalue weighted by molar-refractivity contribution is 0.288. The first-order valence-electron chi connectivity index (χ1n) is 6.90. The van der Waals surface area contributed by atoms with Gasteiger partial charge in [0, 0.05) is 6.07 Å². The quantitative estimate of drug-likeness (QED) is 0.732. The van der Waals surface area contributed by atoms with Crippen LogP contribution in [0.4, 0.5) is 0 Å². The van der Waals surface area contributed by atoms with Gasteiger partial charge in [-0.1, -0.05) is 30.3 Å². The predicted octanol–water partition coefficient (Wildman–Crippen LogP) is 3.17. The largest absolute Gasteiger partial charge is 0.491 e. The first-order chi connectivity index (χ1) is 10.3. The number of ether oxygens (including phenoxy) is 2. The molecule has 0 N–H and O–H groups in total. The van der Waals surface area contributed by atoms with Crippen LogP contribution >= 0.6 is 0 Å². The zero-order chi connectivity index (χ0) is 14.9. The average molecular weight is 282 g/mol. The molecule has 1 heterocycles. The summed E-state index contributed by atoms with van der Waals surface area (Å²) in [6.45, 7) is 0.598. The van der Waals surface area contributed by atoms with E-state index in [1.165, 1.54) is 5.56 Å². The number of hydrogen-bond donors (Lipinski definition) is 0. The lowest BCUT2D eigenvalue weighted by Crippen LogP contribution is -2.02. The molecule has 0 spiro atoms. The molecule has 0 amide bonds. The maximum atomic E-state index is 8.72. The third-order valence-electron chi connectivity index (χ3n) is 3.08. The van der Waals surface area contributed by atoms with E-state index >= 15 is 0 Å². The van der Waals surface area contributed by atoms with Gasteiger partial charge in [-0.15, -0.1) is 0 Å². The molecule has 0 aliphatic heterocycles. The van der Waals surface area contributed by atoms with Crippen molar-refractivity contribution in [1.82, 2.24) is 4.98 Å². The number of aryl methyl sites for hydroxylation is 1. The van der Waals surface area contributed by atoms with Crippen LogP contribution in [0.25, 0.3) is 0 Å². The topological polar surface area (TPSA) is 55.1 Å². The van der Waals surface area contributed by atoms with Crippen LogP contribution in [0, 0.1) is 11.3 Å². The van der Waals surface area contributed by atoms with Gasteiger partial charge in [0.1, 0.15) is 0 Å². The van der Waals surface area contributed by atoms with Crippen molar-refractivity contribution < 1.29 is 9.47 Å². The highest BCUT2D eigenvalue weighted by molar-refractivity contribution is 5.39. The molecule has 108 valence electrons. The van der Waals surface area contributed by atoms with Crippen LogP contribution in [-0.2, 0) is 12.8 Å². The Morgan fingerprint density at radius 1 is 1.19 bits per heavy atom. The number of rotatable bonds is 7. The molecule has 0 saturated carbocycles. The number of benzene rings is 1. The van der Waals surface area contributed by atoms with E-state index in [9.17, 15) is 0 Å². The summed E-state index contributed by atoms with van der Waals surface area (Å²) in [5.41, 5.74) is 1.99. The highest BCUT2D eigenvalue weighted by atomic mass is 16.5. The van der Waals surface area contributed by atoms with Gasteiger partial charge in [0.25, 0.3) is 0 Å². The number of hydrogen-bond acceptors (Lipinski definition) is 4. The van der Waals surface area contributed by atoms with Crippen molar-refractivity contribution in [1.29, 1.82) is 5.26 Å². The highest BCUT2D eigenvalue weighted by Crippen LogP contribution is 2.26. The molecule has 1 aromatic heterocycles. The smallest absolute Gasteiger partial charge is 0.179 e. The first-order valence-corrected chi connectivity index (χ1v) is 6.90. The number of nitrogens with zero attached hydrogens (tertiary/aromatic N) is 2. The Morgan fingerprint density at radius 2 is 2.00 bits per heavy atom. The van der Waals surface area contributed by atoms with Gasteiger partial charge in [-0.2, -0.15) is 5.26 Å². The van der Waals surface area contributed by atoms with Crippen LogP contribution in [0.1, 0.15) is 17.7 Å². The van der Waals surface area contributed by atoms with Crippen LogP contribution in [-0.4, -0.2) is 18.7 Å². The molecular weight excluding hydrogens is 264 g/mol. The van der Waals surface area contributed by atoms with Crippen molar-refractivity contribution in [3.63, 3.8) is 0 Å². The van der Waals surface area contributed by atoms with Crippen molar-refractivity contribution in [2.45, 2.75) is 19.3 Å². The number of aromatic nitrogens is 1. The second-order valence-electron chi connectivity index (χ2n) is 4.60. The minimum atomic E-state index is 0.268. The highest BCUT2D eigenvalue weighted by Gasteiger charge is 2.07. The Labute approximate surface area is 125 Å². The molecule has 2 rings (SSSR count). The van der Waals surface area contributed by atoms with Gasteiger partial charge in [-0.05, 0) is 18.4 Å². The van der Waals surface area contributed by atoms with Gasteiger partial charge in [-0.25, -0.2) is 0 Å². The molecule has 0 fully saturated rings. The average Bonchev–Trinajstić information content (AvgIpc) is 2.53. The van der Waals surface area contributed by atoms with E-state index in [-0.39, 0.29) is 6.42 Å². The molecule has 0 atom stereocenters. The lowest BCUT2D eigenvalue weighted by atomic mass is 10.1. The molecule has 4 heteroatoms. The molecule has 0 radical (unpaired) electrons. The van der Waals surface area contributed by atoms with Crippen molar-refractivity contribution in [2.24, 2.45) is 0 Å². The lowest BCUT2D eigenvalue weighted by Gasteiger charge is -2.11. The fraction of sp³-hybridized carbons (Fsp3) is 0.294. The van der Waals surface area contributed by atoms with Crippen molar-refractivity contribution in [3.8, 4) is 17.6 Å². The van der Waals surface area contributed by atoms with Crippen LogP contribution < -0.4 is 9.47 Å². The molecule has 0 aliphatic rings. The van der Waals surface area contributed by atoms with Gasteiger partial charge in [0.05, 0.1) is 38.1 Å². The molecular formula is C17H18N2O2. The Morgan fingerprint density at radius 3 is 2.71 bits per heavy atom. The van der Waals surface area contributed by atoms with Gasteiger partial charge in [0.2, 0.25) is 0 Å². The molecule has 1 aromatic carbocycles.